The van der Waals surface area contributed by atoms with Crippen molar-refractivity contribution in [2.24, 2.45) is 0 Å². The van der Waals surface area contributed by atoms with E-state index in [2.05, 4.69) is 17.4 Å². The minimum atomic E-state index is 0. The first kappa shape index (κ1) is 18.0. The first-order valence-corrected chi connectivity index (χ1v) is 7.36. The van der Waals surface area contributed by atoms with Crippen molar-refractivity contribution in [1.29, 1.82) is 0 Å². The summed E-state index contributed by atoms with van der Waals surface area (Å²) in [6.45, 7) is 2.46. The van der Waals surface area contributed by atoms with Crippen molar-refractivity contribution in [2.75, 3.05) is 33.4 Å². The van der Waals surface area contributed by atoms with Crippen molar-refractivity contribution in [3.8, 4) is 0 Å². The minimum absolute atomic E-state index is 0. The third-order valence-corrected chi connectivity index (χ3v) is 3.79. The van der Waals surface area contributed by atoms with Crippen LogP contribution in [0, 0.1) is 0 Å². The maximum Gasteiger partial charge on any atom is 0.248 e. The van der Waals surface area contributed by atoms with Gasteiger partial charge in [-0.2, -0.15) is 0 Å². The molecule has 1 aliphatic rings. The smallest absolute Gasteiger partial charge is 0.248 e. The number of benzene rings is 1. The van der Waals surface area contributed by atoms with Gasteiger partial charge in [0.1, 0.15) is 6.61 Å². The Morgan fingerprint density at radius 1 is 1.38 bits per heavy atom. The monoisotopic (exact) mass is 312 g/mol. The van der Waals surface area contributed by atoms with Crippen LogP contribution in [-0.2, 0) is 16.0 Å². The van der Waals surface area contributed by atoms with Crippen LogP contribution >= 0.6 is 12.4 Å². The number of piperidine rings is 1. The van der Waals surface area contributed by atoms with Crippen molar-refractivity contribution in [3.05, 3.63) is 35.9 Å². The van der Waals surface area contributed by atoms with E-state index in [4.69, 9.17) is 4.74 Å². The lowest BCUT2D eigenvalue weighted by Crippen LogP contribution is -2.48. The highest BCUT2D eigenvalue weighted by molar-refractivity contribution is 5.85. The fraction of sp³-hybridized carbons (Fsp3) is 0.562. The number of carbonyl (C=O) groups is 1. The van der Waals surface area contributed by atoms with E-state index in [9.17, 15) is 4.79 Å². The molecule has 0 spiro atoms. The van der Waals surface area contributed by atoms with Gasteiger partial charge in [-0.3, -0.25) is 4.79 Å². The summed E-state index contributed by atoms with van der Waals surface area (Å²) in [4.78, 5) is 14.0. The van der Waals surface area contributed by atoms with Gasteiger partial charge in [0.2, 0.25) is 5.91 Å². The lowest BCUT2D eigenvalue weighted by Gasteiger charge is -2.32. The molecule has 1 amide bonds. The Kier molecular flexibility index (Phi) is 8.35. The average molecular weight is 313 g/mol. The molecule has 1 aliphatic heterocycles. The van der Waals surface area contributed by atoms with Crippen LogP contribution in [0.2, 0.25) is 0 Å². The van der Waals surface area contributed by atoms with E-state index in [-0.39, 0.29) is 24.9 Å². The predicted octanol–water partition coefficient (Wildman–Crippen LogP) is 1.88. The van der Waals surface area contributed by atoms with E-state index in [1.807, 2.05) is 30.1 Å². The van der Waals surface area contributed by atoms with Crippen LogP contribution in [0.4, 0.5) is 0 Å². The first-order chi connectivity index (χ1) is 9.79. The van der Waals surface area contributed by atoms with E-state index in [0.717, 1.165) is 32.4 Å². The number of rotatable bonds is 6. The van der Waals surface area contributed by atoms with E-state index in [1.165, 1.54) is 5.56 Å². The van der Waals surface area contributed by atoms with Crippen LogP contribution in [0.25, 0.3) is 0 Å². The fourth-order valence-electron chi connectivity index (χ4n) is 2.52. The van der Waals surface area contributed by atoms with Crippen LogP contribution in [0.5, 0.6) is 0 Å². The Balaban J connectivity index is 0.00000220. The Hall–Kier alpha value is -1.10. The SMILES string of the molecule is CNC1CCCN(C(=O)COCCc2ccccc2)C1.Cl. The molecule has 1 unspecified atom stereocenters. The molecule has 1 saturated heterocycles. The van der Waals surface area contributed by atoms with E-state index in [0.29, 0.717) is 12.6 Å². The van der Waals surface area contributed by atoms with Crippen molar-refractivity contribution in [2.45, 2.75) is 25.3 Å². The fourth-order valence-corrected chi connectivity index (χ4v) is 2.52. The highest BCUT2D eigenvalue weighted by atomic mass is 35.5. The van der Waals surface area contributed by atoms with Crippen molar-refractivity contribution in [1.82, 2.24) is 10.2 Å². The molecule has 0 aliphatic carbocycles. The highest BCUT2D eigenvalue weighted by Gasteiger charge is 2.22. The number of hydrogen-bond acceptors (Lipinski definition) is 3. The summed E-state index contributed by atoms with van der Waals surface area (Å²) in [6, 6.07) is 10.6. The summed E-state index contributed by atoms with van der Waals surface area (Å²) in [5.41, 5.74) is 1.24. The minimum Gasteiger partial charge on any atom is -0.371 e. The molecule has 1 heterocycles. The lowest BCUT2D eigenvalue weighted by molar-refractivity contribution is -0.137. The van der Waals surface area contributed by atoms with E-state index in [1.54, 1.807) is 0 Å². The molecule has 1 N–H and O–H groups in total. The number of carbonyl (C=O) groups excluding carboxylic acids is 1. The number of likely N-dealkylation sites (N-methyl/N-ethyl adjacent to an activating group) is 1. The van der Waals surface area contributed by atoms with Gasteiger partial charge in [0.05, 0.1) is 6.61 Å². The summed E-state index contributed by atoms with van der Waals surface area (Å²) in [7, 11) is 1.95. The van der Waals surface area contributed by atoms with Crippen LogP contribution in [0.1, 0.15) is 18.4 Å². The summed E-state index contributed by atoms with van der Waals surface area (Å²) >= 11 is 0. The van der Waals surface area contributed by atoms with Gasteiger partial charge in [-0.1, -0.05) is 30.3 Å². The Morgan fingerprint density at radius 3 is 2.86 bits per heavy atom. The Morgan fingerprint density at radius 2 is 2.14 bits per heavy atom. The molecule has 0 bridgehead atoms. The zero-order chi connectivity index (χ0) is 14.2. The molecule has 0 radical (unpaired) electrons. The zero-order valence-corrected chi connectivity index (χ0v) is 13.4. The number of nitrogens with zero attached hydrogens (tertiary/aromatic N) is 1. The third-order valence-electron chi connectivity index (χ3n) is 3.79. The number of likely N-dealkylation sites (tertiary alicyclic amines) is 1. The Bertz CT molecular complexity index is 414. The molecule has 0 aromatic heterocycles. The number of ether oxygens (including phenoxy) is 1. The molecule has 1 aromatic carbocycles. The van der Waals surface area contributed by atoms with E-state index >= 15 is 0 Å². The maximum atomic E-state index is 12.0. The van der Waals surface area contributed by atoms with Gasteiger partial charge in [0, 0.05) is 19.1 Å². The van der Waals surface area contributed by atoms with Crippen LogP contribution in [-0.4, -0.2) is 50.2 Å². The average Bonchev–Trinajstić information content (AvgIpc) is 2.52. The Labute approximate surface area is 133 Å². The van der Waals surface area contributed by atoms with Gasteiger partial charge in [-0.15, -0.1) is 12.4 Å². The zero-order valence-electron chi connectivity index (χ0n) is 12.6. The largest absolute Gasteiger partial charge is 0.371 e. The summed E-state index contributed by atoms with van der Waals surface area (Å²) in [6.07, 6.45) is 3.07. The van der Waals surface area contributed by atoms with Gasteiger partial charge in [-0.05, 0) is 31.9 Å². The van der Waals surface area contributed by atoms with Gasteiger partial charge >= 0.3 is 0 Å². The highest BCUT2D eigenvalue weighted by Crippen LogP contribution is 2.10. The second-order valence-electron chi connectivity index (χ2n) is 5.26. The molecule has 1 aromatic rings. The predicted molar refractivity (Wildman–Crippen MR) is 86.9 cm³/mol. The van der Waals surface area contributed by atoms with Crippen LogP contribution in [0.15, 0.2) is 30.3 Å². The lowest BCUT2D eigenvalue weighted by atomic mass is 10.1. The second kappa shape index (κ2) is 9.77. The molecule has 5 heteroatoms. The molecule has 2 rings (SSSR count). The van der Waals surface area contributed by atoms with Crippen molar-refractivity contribution < 1.29 is 9.53 Å². The van der Waals surface area contributed by atoms with Gasteiger partial charge in [-0.25, -0.2) is 0 Å². The quantitative estimate of drug-likeness (QED) is 0.816. The maximum absolute atomic E-state index is 12.0. The standard InChI is InChI=1S/C16H24N2O2.ClH/c1-17-15-8-5-10-18(12-15)16(19)13-20-11-9-14-6-3-2-4-7-14;/h2-4,6-7,15,17H,5,8-13H2,1H3;1H. The van der Waals surface area contributed by atoms with Gasteiger partial charge in [0.15, 0.2) is 0 Å². The number of amides is 1. The second-order valence-corrected chi connectivity index (χ2v) is 5.26. The number of hydrogen-bond donors (Lipinski definition) is 1. The molecular weight excluding hydrogens is 288 g/mol. The molecule has 1 atom stereocenters. The normalized spacial score (nSPS) is 18.1. The van der Waals surface area contributed by atoms with Gasteiger partial charge in [0.25, 0.3) is 0 Å². The first-order valence-electron chi connectivity index (χ1n) is 7.36. The number of halogens is 1. The molecular formula is C16H25ClN2O2. The molecule has 1 fully saturated rings. The van der Waals surface area contributed by atoms with E-state index < -0.39 is 0 Å². The molecule has 0 saturated carbocycles. The summed E-state index contributed by atoms with van der Waals surface area (Å²) in [5.74, 6) is 0.109. The van der Waals surface area contributed by atoms with Gasteiger partial charge < -0.3 is 15.0 Å². The topological polar surface area (TPSA) is 41.6 Å². The summed E-state index contributed by atoms with van der Waals surface area (Å²) < 4.78 is 5.51. The molecule has 118 valence electrons. The third kappa shape index (κ3) is 6.04. The van der Waals surface area contributed by atoms with Crippen LogP contribution in [0.3, 0.4) is 0 Å². The van der Waals surface area contributed by atoms with Crippen molar-refractivity contribution in [3.63, 3.8) is 0 Å². The van der Waals surface area contributed by atoms with Crippen LogP contribution < -0.4 is 5.32 Å². The number of nitrogens with one attached hydrogen (secondary N) is 1. The van der Waals surface area contributed by atoms with Crippen molar-refractivity contribution >= 4 is 18.3 Å². The summed E-state index contributed by atoms with van der Waals surface area (Å²) in [5, 5.41) is 3.24. The molecule has 21 heavy (non-hydrogen) atoms. The molecule has 4 nitrogen and oxygen atoms in total.